The molecule has 0 saturated carbocycles. The number of hydrogen-bond acceptors (Lipinski definition) is 2. The van der Waals surface area contributed by atoms with Crippen LogP contribution in [-0.2, 0) is 4.57 Å². The monoisotopic (exact) mass is 223 g/mol. The Morgan fingerprint density at radius 1 is 1.42 bits per heavy atom. The number of hydrogen-bond donors (Lipinski definition) is 2. The van der Waals surface area contributed by atoms with Crippen LogP contribution in [0, 0.1) is 0 Å². The van der Waals surface area contributed by atoms with Crippen LogP contribution < -0.4 is 4.49 Å². The van der Waals surface area contributed by atoms with E-state index in [4.69, 9.17) is 16.1 Å². The normalized spacial score (nSPS) is 15.5. The van der Waals surface area contributed by atoms with Gasteiger partial charge in [0.1, 0.15) is 0 Å². The van der Waals surface area contributed by atoms with E-state index in [0.29, 0.717) is 0 Å². The van der Waals surface area contributed by atoms with Gasteiger partial charge in [-0.1, -0.05) is 18.2 Å². The second-order valence-corrected chi connectivity index (χ2v) is 5.79. The summed E-state index contributed by atoms with van der Waals surface area (Å²) >= 11 is 6.09. The molecule has 0 aliphatic rings. The van der Waals surface area contributed by atoms with Crippen molar-refractivity contribution in [3.63, 3.8) is 0 Å². The van der Waals surface area contributed by atoms with Crippen LogP contribution in [0.1, 0.15) is 0 Å². The number of nitrogens with one attached hydrogen (secondary N) is 1. The molecule has 12 heavy (non-hydrogen) atoms. The summed E-state index contributed by atoms with van der Waals surface area (Å²) in [6.45, 7) is -3.65. The van der Waals surface area contributed by atoms with Crippen molar-refractivity contribution >= 4 is 30.1 Å². The molecule has 0 aliphatic heterocycles. The van der Waals surface area contributed by atoms with E-state index in [9.17, 15) is 4.57 Å². The third-order valence-corrected chi connectivity index (χ3v) is 3.41. The van der Waals surface area contributed by atoms with E-state index in [0.717, 1.165) is 16.8 Å². The molecule has 0 aliphatic carbocycles. The lowest BCUT2D eigenvalue weighted by molar-refractivity contribution is 0.493. The van der Waals surface area contributed by atoms with Crippen molar-refractivity contribution in [2.75, 3.05) is 0 Å². The molecular weight excluding hydrogens is 217 g/mol. The van der Waals surface area contributed by atoms with E-state index in [1.807, 2.05) is 30.3 Å². The first-order valence-electron chi connectivity index (χ1n) is 3.09. The summed E-state index contributed by atoms with van der Waals surface area (Å²) in [4.78, 5) is 9.51. The topological polar surface area (TPSA) is 49.3 Å². The van der Waals surface area contributed by atoms with Gasteiger partial charge < -0.3 is 4.89 Å². The van der Waals surface area contributed by atoms with E-state index in [-0.39, 0.29) is 0 Å². The maximum Gasteiger partial charge on any atom is 0.367 e. The Balaban J connectivity index is 2.50. The number of halogens is 1. The van der Waals surface area contributed by atoms with Crippen molar-refractivity contribution in [2.24, 2.45) is 0 Å². The van der Waals surface area contributed by atoms with Gasteiger partial charge in [-0.25, -0.2) is 0 Å². The van der Waals surface area contributed by atoms with Crippen LogP contribution >= 0.6 is 30.1 Å². The average molecular weight is 224 g/mol. The van der Waals surface area contributed by atoms with Crippen molar-refractivity contribution in [3.05, 3.63) is 30.3 Å². The van der Waals surface area contributed by atoms with Crippen molar-refractivity contribution < 1.29 is 9.46 Å². The van der Waals surface area contributed by atoms with Gasteiger partial charge in [-0.05, 0) is 35.3 Å². The average Bonchev–Trinajstić information content (AvgIpc) is 2.02. The molecule has 1 unspecified atom stereocenters. The molecule has 1 rings (SSSR count). The lowest BCUT2D eigenvalue weighted by atomic mass is 10.4. The van der Waals surface area contributed by atoms with Crippen molar-refractivity contribution in [1.82, 2.24) is 4.49 Å². The van der Waals surface area contributed by atoms with Crippen LogP contribution in [0.15, 0.2) is 35.2 Å². The number of benzene rings is 1. The molecule has 3 nitrogen and oxygen atoms in total. The van der Waals surface area contributed by atoms with Crippen LogP contribution in [0.2, 0.25) is 0 Å². The zero-order valence-electron chi connectivity index (χ0n) is 5.98. The standard InChI is InChI=1S/C6H7ClNO2PS/c7-11(9,10)8-12-6-4-2-1-3-5-6/h1-5H,(H2,8,9,10). The molecule has 0 radical (unpaired) electrons. The minimum absolute atomic E-state index is 0.840. The second-order valence-electron chi connectivity index (χ2n) is 2.01. The number of rotatable bonds is 3. The quantitative estimate of drug-likeness (QED) is 0.611. The maximum atomic E-state index is 10.6. The molecule has 0 spiro atoms. The first-order valence-corrected chi connectivity index (χ1v) is 6.48. The minimum Gasteiger partial charge on any atom is -0.321 e. The summed E-state index contributed by atoms with van der Waals surface area (Å²) in [6.07, 6.45) is 0. The first-order chi connectivity index (χ1) is 5.58. The molecule has 0 heterocycles. The van der Waals surface area contributed by atoms with Gasteiger partial charge in [0, 0.05) is 4.90 Å². The summed E-state index contributed by atoms with van der Waals surface area (Å²) in [6, 6.07) is 9.15. The van der Waals surface area contributed by atoms with E-state index < -0.39 is 6.87 Å². The Bertz CT molecular complexity index is 289. The van der Waals surface area contributed by atoms with E-state index in [1.54, 1.807) is 0 Å². The van der Waals surface area contributed by atoms with Gasteiger partial charge in [0.15, 0.2) is 0 Å². The fourth-order valence-electron chi connectivity index (χ4n) is 0.598. The van der Waals surface area contributed by atoms with Crippen molar-refractivity contribution in [1.29, 1.82) is 0 Å². The summed E-state index contributed by atoms with van der Waals surface area (Å²) in [7, 11) is 0. The highest BCUT2D eigenvalue weighted by Crippen LogP contribution is 2.44. The van der Waals surface area contributed by atoms with E-state index >= 15 is 0 Å². The fraction of sp³-hybridized carbons (Fsp3) is 0. The predicted molar refractivity (Wildman–Crippen MR) is 51.1 cm³/mol. The molecule has 0 saturated heterocycles. The fourth-order valence-corrected chi connectivity index (χ4v) is 2.07. The highest BCUT2D eigenvalue weighted by molar-refractivity contribution is 8.06. The lowest BCUT2D eigenvalue weighted by Crippen LogP contribution is -1.92. The molecular formula is C6H7ClNO2PS. The van der Waals surface area contributed by atoms with E-state index in [1.165, 1.54) is 0 Å². The molecule has 0 bridgehead atoms. The third kappa shape index (κ3) is 4.14. The van der Waals surface area contributed by atoms with Gasteiger partial charge in [0.25, 0.3) is 0 Å². The minimum atomic E-state index is -3.65. The van der Waals surface area contributed by atoms with Crippen LogP contribution in [0.25, 0.3) is 0 Å². The Morgan fingerprint density at radius 3 is 2.50 bits per heavy atom. The van der Waals surface area contributed by atoms with Gasteiger partial charge in [-0.3, -0.25) is 4.57 Å². The van der Waals surface area contributed by atoms with Crippen LogP contribution in [0.4, 0.5) is 0 Å². The Kier molecular flexibility index (Phi) is 3.62. The smallest absolute Gasteiger partial charge is 0.321 e. The van der Waals surface area contributed by atoms with Crippen molar-refractivity contribution in [3.8, 4) is 0 Å². The summed E-state index contributed by atoms with van der Waals surface area (Å²) in [5.41, 5.74) is 0. The zero-order valence-corrected chi connectivity index (χ0v) is 8.44. The zero-order chi connectivity index (χ0) is 9.03. The summed E-state index contributed by atoms with van der Waals surface area (Å²) in [5, 5.41) is 0. The molecule has 6 heteroatoms. The van der Waals surface area contributed by atoms with Gasteiger partial charge in [-0.2, -0.15) is 4.49 Å². The van der Waals surface area contributed by atoms with Gasteiger partial charge in [0.2, 0.25) is 0 Å². The molecule has 1 atom stereocenters. The van der Waals surface area contributed by atoms with Gasteiger partial charge in [0.05, 0.1) is 0 Å². The molecule has 0 aromatic heterocycles. The summed E-state index contributed by atoms with van der Waals surface area (Å²) in [5.74, 6) is 0. The Morgan fingerprint density at radius 2 is 2.00 bits per heavy atom. The van der Waals surface area contributed by atoms with Crippen LogP contribution in [-0.4, -0.2) is 4.89 Å². The third-order valence-electron chi connectivity index (χ3n) is 1.02. The Labute approximate surface area is 79.6 Å². The van der Waals surface area contributed by atoms with E-state index in [2.05, 4.69) is 4.49 Å². The Hall–Kier alpha value is 0.0100. The molecule has 0 fully saturated rings. The van der Waals surface area contributed by atoms with Gasteiger partial charge in [-0.15, -0.1) is 0 Å². The van der Waals surface area contributed by atoms with Crippen LogP contribution in [0.3, 0.4) is 0 Å². The second kappa shape index (κ2) is 4.30. The molecule has 0 amide bonds. The molecule has 1 aromatic carbocycles. The maximum absolute atomic E-state index is 10.6. The largest absolute Gasteiger partial charge is 0.367 e. The highest BCUT2D eigenvalue weighted by Gasteiger charge is 2.11. The highest BCUT2D eigenvalue weighted by atomic mass is 35.7. The lowest BCUT2D eigenvalue weighted by Gasteiger charge is -2.03. The van der Waals surface area contributed by atoms with Gasteiger partial charge >= 0.3 is 6.87 Å². The SMILES string of the molecule is O=P(O)(Cl)NSc1ccccc1. The summed E-state index contributed by atoms with van der Waals surface area (Å²) < 4.78 is 12.8. The predicted octanol–water partition coefficient (Wildman–Crippen LogP) is 2.62. The molecule has 2 N–H and O–H groups in total. The molecule has 66 valence electrons. The van der Waals surface area contributed by atoms with Crippen molar-refractivity contribution in [2.45, 2.75) is 4.90 Å². The first kappa shape index (κ1) is 10.1. The molecule has 1 aromatic rings. The van der Waals surface area contributed by atoms with Crippen LogP contribution in [0.5, 0.6) is 0 Å².